The number of benzene rings is 2. The van der Waals surface area contributed by atoms with E-state index in [0.29, 0.717) is 18.4 Å². The molecule has 0 aliphatic rings. The van der Waals surface area contributed by atoms with E-state index in [1.54, 1.807) is 12.1 Å². The molecule has 2 rings (SSSR count). The van der Waals surface area contributed by atoms with Crippen molar-refractivity contribution in [3.63, 3.8) is 0 Å². The molecular weight excluding hydrogens is 296 g/mol. The molecule has 2 aromatic carbocycles. The molecule has 126 valence electrons. The van der Waals surface area contributed by atoms with Crippen LogP contribution in [0.1, 0.15) is 67.1 Å². The molecule has 0 aliphatic heterocycles. The molecule has 2 nitrogen and oxygen atoms in total. The van der Waals surface area contributed by atoms with Crippen LogP contribution in [0, 0.1) is 0 Å². The summed E-state index contributed by atoms with van der Waals surface area (Å²) in [6.45, 7) is 8.47. The van der Waals surface area contributed by atoms with E-state index in [1.807, 2.05) is 19.1 Å². The maximum Gasteiger partial charge on any atom is 0.150 e. The van der Waals surface area contributed by atoms with Gasteiger partial charge < -0.3 is 0 Å². The molecule has 1 atom stereocenters. The molecule has 0 spiro atoms. The van der Waals surface area contributed by atoms with Gasteiger partial charge >= 0.3 is 0 Å². The summed E-state index contributed by atoms with van der Waals surface area (Å²) in [5.41, 5.74) is 4.17. The molecule has 1 unspecified atom stereocenters. The van der Waals surface area contributed by atoms with Crippen molar-refractivity contribution in [2.75, 3.05) is 0 Å². The average Bonchev–Trinajstić information content (AvgIpc) is 2.59. The first-order valence-electron chi connectivity index (χ1n) is 8.52. The summed E-state index contributed by atoms with van der Waals surface area (Å²) >= 11 is 0. The van der Waals surface area contributed by atoms with Gasteiger partial charge in [0.25, 0.3) is 0 Å². The maximum atomic E-state index is 12.5. The van der Waals surface area contributed by atoms with Gasteiger partial charge in [-0.05, 0) is 28.5 Å². The smallest absolute Gasteiger partial charge is 0.150 e. The molecule has 0 heterocycles. The SMILES string of the molecule is CCC(=O)C(Cc1ccc(C=O)cc1)c1ccc(C(C)(C)C)cc1. The van der Waals surface area contributed by atoms with Crippen LogP contribution in [0.3, 0.4) is 0 Å². The van der Waals surface area contributed by atoms with Crippen molar-refractivity contribution in [2.45, 2.75) is 51.9 Å². The highest BCUT2D eigenvalue weighted by Crippen LogP contribution is 2.27. The Morgan fingerprint density at radius 3 is 2.04 bits per heavy atom. The van der Waals surface area contributed by atoms with Crippen LogP contribution in [-0.2, 0) is 16.6 Å². The standard InChI is InChI=1S/C22H26O2/c1-5-21(24)20(14-16-6-8-17(15-23)9-7-16)18-10-12-19(13-11-18)22(2,3)4/h6-13,15,20H,5,14H2,1-4H3. The lowest BCUT2D eigenvalue weighted by Gasteiger charge is -2.21. The van der Waals surface area contributed by atoms with Crippen LogP contribution in [-0.4, -0.2) is 12.1 Å². The summed E-state index contributed by atoms with van der Waals surface area (Å²) < 4.78 is 0. The lowest BCUT2D eigenvalue weighted by molar-refractivity contribution is -0.120. The average molecular weight is 322 g/mol. The molecule has 24 heavy (non-hydrogen) atoms. The first kappa shape index (κ1) is 18.1. The van der Waals surface area contributed by atoms with Crippen molar-refractivity contribution in [3.8, 4) is 0 Å². The Labute approximate surface area is 144 Å². The summed E-state index contributed by atoms with van der Waals surface area (Å²) in [4.78, 5) is 23.2. The third kappa shape index (κ3) is 4.41. The molecule has 2 heteroatoms. The lowest BCUT2D eigenvalue weighted by Crippen LogP contribution is -2.16. The van der Waals surface area contributed by atoms with Crippen molar-refractivity contribution in [3.05, 3.63) is 70.8 Å². The van der Waals surface area contributed by atoms with Crippen molar-refractivity contribution >= 4 is 12.1 Å². The number of carbonyl (C=O) groups excluding carboxylic acids is 2. The first-order valence-corrected chi connectivity index (χ1v) is 8.52. The van der Waals surface area contributed by atoms with Crippen molar-refractivity contribution in [2.24, 2.45) is 0 Å². The van der Waals surface area contributed by atoms with E-state index in [-0.39, 0.29) is 17.1 Å². The molecule has 0 N–H and O–H groups in total. The highest BCUT2D eigenvalue weighted by Gasteiger charge is 2.21. The van der Waals surface area contributed by atoms with Crippen LogP contribution >= 0.6 is 0 Å². The summed E-state index contributed by atoms with van der Waals surface area (Å²) in [5, 5.41) is 0. The quantitative estimate of drug-likeness (QED) is 0.693. The zero-order valence-electron chi connectivity index (χ0n) is 15.0. The molecule has 2 aromatic rings. The Balaban J connectivity index is 2.27. The highest BCUT2D eigenvalue weighted by molar-refractivity contribution is 5.85. The third-order valence-corrected chi connectivity index (χ3v) is 4.47. The van der Waals surface area contributed by atoms with Crippen LogP contribution in [0.5, 0.6) is 0 Å². The molecule has 0 radical (unpaired) electrons. The van der Waals surface area contributed by atoms with E-state index in [0.717, 1.165) is 17.4 Å². The fourth-order valence-electron chi connectivity index (χ4n) is 2.85. The van der Waals surface area contributed by atoms with Gasteiger partial charge in [-0.1, -0.05) is 76.2 Å². The van der Waals surface area contributed by atoms with Gasteiger partial charge in [-0.3, -0.25) is 9.59 Å². The second-order valence-corrected chi connectivity index (χ2v) is 7.31. The number of aldehydes is 1. The second-order valence-electron chi connectivity index (χ2n) is 7.31. The van der Waals surface area contributed by atoms with Gasteiger partial charge in [-0.2, -0.15) is 0 Å². The summed E-state index contributed by atoms with van der Waals surface area (Å²) in [7, 11) is 0. The highest BCUT2D eigenvalue weighted by atomic mass is 16.1. The molecule has 0 amide bonds. The number of Topliss-reactive ketones (excluding diaryl/α,β-unsaturated/α-hetero) is 1. The first-order chi connectivity index (χ1) is 11.3. The van der Waals surface area contributed by atoms with Crippen molar-refractivity contribution < 1.29 is 9.59 Å². The normalized spacial score (nSPS) is 12.7. The van der Waals surface area contributed by atoms with Gasteiger partial charge in [0.2, 0.25) is 0 Å². The van der Waals surface area contributed by atoms with Crippen molar-refractivity contribution in [1.82, 2.24) is 0 Å². The van der Waals surface area contributed by atoms with Gasteiger partial charge in [0.15, 0.2) is 0 Å². The van der Waals surface area contributed by atoms with Gasteiger partial charge in [0.05, 0.1) is 0 Å². The number of carbonyl (C=O) groups is 2. The molecule has 0 bridgehead atoms. The Kier molecular flexibility index (Phi) is 5.71. The number of hydrogen-bond donors (Lipinski definition) is 0. The topological polar surface area (TPSA) is 34.1 Å². The number of rotatable bonds is 6. The number of ketones is 1. The van der Waals surface area contributed by atoms with Crippen LogP contribution in [0.4, 0.5) is 0 Å². The molecule has 0 aliphatic carbocycles. The minimum atomic E-state index is -0.133. The van der Waals surface area contributed by atoms with E-state index in [9.17, 15) is 9.59 Å². The summed E-state index contributed by atoms with van der Waals surface area (Å²) in [6.07, 6.45) is 2.03. The van der Waals surface area contributed by atoms with Crippen LogP contribution < -0.4 is 0 Å². The minimum Gasteiger partial charge on any atom is -0.299 e. The molecule has 0 saturated carbocycles. The largest absolute Gasteiger partial charge is 0.299 e. The van der Waals surface area contributed by atoms with E-state index >= 15 is 0 Å². The Morgan fingerprint density at radius 1 is 1.00 bits per heavy atom. The zero-order chi connectivity index (χ0) is 17.7. The number of hydrogen-bond acceptors (Lipinski definition) is 2. The summed E-state index contributed by atoms with van der Waals surface area (Å²) in [5.74, 6) is 0.115. The maximum absolute atomic E-state index is 12.5. The monoisotopic (exact) mass is 322 g/mol. The molecule has 0 aromatic heterocycles. The van der Waals surface area contributed by atoms with Gasteiger partial charge in [0.1, 0.15) is 12.1 Å². The van der Waals surface area contributed by atoms with Gasteiger partial charge in [-0.15, -0.1) is 0 Å². The Hall–Kier alpha value is -2.22. The second kappa shape index (κ2) is 7.57. The van der Waals surface area contributed by atoms with E-state index in [4.69, 9.17) is 0 Å². The predicted molar refractivity (Wildman–Crippen MR) is 98.7 cm³/mol. The van der Waals surface area contributed by atoms with Gasteiger partial charge in [-0.25, -0.2) is 0 Å². The lowest BCUT2D eigenvalue weighted by atomic mass is 9.83. The molecular formula is C22H26O2. The molecule has 0 saturated heterocycles. The van der Waals surface area contributed by atoms with E-state index in [2.05, 4.69) is 45.0 Å². The predicted octanol–water partition coefficient (Wildman–Crippen LogP) is 5.10. The zero-order valence-corrected chi connectivity index (χ0v) is 15.0. The van der Waals surface area contributed by atoms with Gasteiger partial charge in [0, 0.05) is 17.9 Å². The van der Waals surface area contributed by atoms with E-state index < -0.39 is 0 Å². The molecule has 0 fully saturated rings. The Bertz CT molecular complexity index is 688. The van der Waals surface area contributed by atoms with Crippen LogP contribution in [0.25, 0.3) is 0 Å². The van der Waals surface area contributed by atoms with Crippen LogP contribution in [0.15, 0.2) is 48.5 Å². The fourth-order valence-corrected chi connectivity index (χ4v) is 2.85. The van der Waals surface area contributed by atoms with Crippen molar-refractivity contribution in [1.29, 1.82) is 0 Å². The Morgan fingerprint density at radius 2 is 1.58 bits per heavy atom. The van der Waals surface area contributed by atoms with Crippen LogP contribution in [0.2, 0.25) is 0 Å². The minimum absolute atomic E-state index is 0.105. The summed E-state index contributed by atoms with van der Waals surface area (Å²) in [6, 6.07) is 15.9. The fraction of sp³-hybridized carbons (Fsp3) is 0.364. The van der Waals surface area contributed by atoms with E-state index in [1.165, 1.54) is 5.56 Å². The third-order valence-electron chi connectivity index (χ3n) is 4.47.